The van der Waals surface area contributed by atoms with Crippen molar-refractivity contribution in [2.45, 2.75) is 13.8 Å². The third kappa shape index (κ3) is 2.39. The van der Waals surface area contributed by atoms with Crippen LogP contribution in [-0.4, -0.2) is 11.1 Å². The molecule has 0 amide bonds. The van der Waals surface area contributed by atoms with Crippen LogP contribution in [0.4, 0.5) is 0 Å². The summed E-state index contributed by atoms with van der Waals surface area (Å²) >= 11 is 0. The van der Waals surface area contributed by atoms with E-state index in [1.807, 2.05) is 0 Å². The molecule has 2 nitrogen and oxygen atoms in total. The van der Waals surface area contributed by atoms with Crippen molar-refractivity contribution in [3.8, 4) is 0 Å². The van der Waals surface area contributed by atoms with Crippen LogP contribution in [0.1, 0.15) is 21.5 Å². The van der Waals surface area contributed by atoms with E-state index in [0.29, 0.717) is 11.1 Å². The van der Waals surface area contributed by atoms with E-state index in [2.05, 4.69) is 6.07 Å². The topological polar surface area (TPSA) is 37.3 Å². The van der Waals surface area contributed by atoms with Crippen LogP contribution in [0.25, 0.3) is 0 Å². The molecule has 1 aromatic rings. The van der Waals surface area contributed by atoms with E-state index in [0.717, 1.165) is 5.56 Å². The van der Waals surface area contributed by atoms with Crippen molar-refractivity contribution in [2.24, 2.45) is 0 Å². The predicted molar refractivity (Wildman–Crippen MR) is 41.7 cm³/mol. The van der Waals surface area contributed by atoms with Crippen LogP contribution in [0, 0.1) is 19.9 Å². The molecule has 0 aliphatic heterocycles. The zero-order chi connectivity index (χ0) is 8.43. The average molecular weight is 238 g/mol. The Morgan fingerprint density at radius 3 is 2.42 bits per heavy atom. The molecule has 1 N–H and O–H groups in total. The van der Waals surface area contributed by atoms with Crippen LogP contribution >= 0.6 is 0 Å². The van der Waals surface area contributed by atoms with E-state index in [-0.39, 0.29) is 32.7 Å². The molecule has 0 bridgehead atoms. The van der Waals surface area contributed by atoms with Gasteiger partial charge in [0.1, 0.15) is 0 Å². The molecular weight excluding hydrogens is 229 g/mol. The van der Waals surface area contributed by atoms with Crippen molar-refractivity contribution in [3.05, 3.63) is 34.9 Å². The summed E-state index contributed by atoms with van der Waals surface area (Å²) in [6.45, 7) is 3.53. The third-order valence-corrected chi connectivity index (χ3v) is 1.62. The second-order valence-electron chi connectivity index (χ2n) is 2.47. The van der Waals surface area contributed by atoms with Crippen molar-refractivity contribution in [1.82, 2.24) is 0 Å². The van der Waals surface area contributed by atoms with Gasteiger partial charge in [-0.05, 0) is 5.56 Å². The minimum atomic E-state index is -0.878. The van der Waals surface area contributed by atoms with Gasteiger partial charge < -0.3 is 5.11 Å². The first-order chi connectivity index (χ1) is 5.13. The minimum Gasteiger partial charge on any atom is -0.487 e. The summed E-state index contributed by atoms with van der Waals surface area (Å²) in [5.74, 6) is -0.878. The van der Waals surface area contributed by atoms with Crippen molar-refractivity contribution >= 4 is 5.97 Å². The van der Waals surface area contributed by atoms with E-state index in [9.17, 15) is 4.79 Å². The van der Waals surface area contributed by atoms with E-state index < -0.39 is 5.97 Å². The molecule has 0 saturated carbocycles. The first kappa shape index (κ1) is 11.8. The molecule has 0 unspecified atom stereocenters. The molecule has 0 saturated heterocycles. The maximum atomic E-state index is 10.6. The number of carboxylic acids is 1. The van der Waals surface area contributed by atoms with Gasteiger partial charge in [0.2, 0.25) is 0 Å². The van der Waals surface area contributed by atoms with Crippen LogP contribution in [0.15, 0.2) is 12.1 Å². The van der Waals surface area contributed by atoms with Crippen LogP contribution in [0.2, 0.25) is 0 Å². The summed E-state index contributed by atoms with van der Waals surface area (Å²) < 4.78 is 0. The Bertz CT molecular complexity index is 274. The maximum Gasteiger partial charge on any atom is 0.279 e. The molecule has 0 heterocycles. The summed E-state index contributed by atoms with van der Waals surface area (Å²) in [5.41, 5.74) is 1.85. The standard InChI is InChI=1S/C9H9O2.Y/c1-6-4-3-5-7(2)8(6)9(10)11;/h3-4H,1-2H3,(H,10,11);/q-1;. The second-order valence-corrected chi connectivity index (χ2v) is 2.47. The van der Waals surface area contributed by atoms with Crippen LogP contribution in [0.5, 0.6) is 0 Å². The van der Waals surface area contributed by atoms with Crippen molar-refractivity contribution < 1.29 is 42.6 Å². The van der Waals surface area contributed by atoms with Crippen LogP contribution in [-0.2, 0) is 32.7 Å². The number of hydrogen-bond acceptors (Lipinski definition) is 1. The Balaban J connectivity index is 0.00000121. The number of aryl methyl sites for hydroxylation is 2. The number of carbonyl (C=O) groups is 1. The van der Waals surface area contributed by atoms with Gasteiger partial charge in [-0.2, -0.15) is 23.8 Å². The van der Waals surface area contributed by atoms with E-state index in [1.54, 1.807) is 26.0 Å². The number of carboxylic acid groups (broad SMARTS) is 1. The molecule has 0 fully saturated rings. The Morgan fingerprint density at radius 2 is 2.08 bits per heavy atom. The molecule has 12 heavy (non-hydrogen) atoms. The normalized spacial score (nSPS) is 8.83. The molecule has 0 spiro atoms. The summed E-state index contributed by atoms with van der Waals surface area (Å²) in [7, 11) is 0. The molecule has 0 aliphatic carbocycles. The van der Waals surface area contributed by atoms with Gasteiger partial charge in [-0.15, -0.1) is 5.56 Å². The summed E-state index contributed by atoms with van der Waals surface area (Å²) in [6, 6.07) is 6.32. The average Bonchev–Trinajstić information content (AvgIpc) is 1.85. The van der Waals surface area contributed by atoms with E-state index in [4.69, 9.17) is 5.11 Å². The Hall–Kier alpha value is -0.206. The zero-order valence-electron chi connectivity index (χ0n) is 7.09. The summed E-state index contributed by atoms with van der Waals surface area (Å²) in [4.78, 5) is 10.6. The number of hydrogen-bond donors (Lipinski definition) is 1. The molecular formula is C9H9O2Y-. The molecule has 0 aliphatic rings. The first-order valence-corrected chi connectivity index (χ1v) is 3.34. The monoisotopic (exact) mass is 238 g/mol. The zero-order valence-corrected chi connectivity index (χ0v) is 9.93. The SMILES string of the molecule is Cc1[c-]ccc(C)c1C(=O)O.[Y]. The number of benzene rings is 1. The Labute approximate surface area is 96.9 Å². The van der Waals surface area contributed by atoms with Gasteiger partial charge in [0, 0.05) is 32.7 Å². The van der Waals surface area contributed by atoms with Gasteiger partial charge >= 0.3 is 0 Å². The van der Waals surface area contributed by atoms with Crippen molar-refractivity contribution in [1.29, 1.82) is 0 Å². The maximum absolute atomic E-state index is 10.6. The van der Waals surface area contributed by atoms with Crippen LogP contribution in [0.3, 0.4) is 0 Å². The molecule has 1 radical (unpaired) electrons. The van der Waals surface area contributed by atoms with Gasteiger partial charge in [0.15, 0.2) is 0 Å². The largest absolute Gasteiger partial charge is 0.487 e. The molecule has 0 aromatic heterocycles. The van der Waals surface area contributed by atoms with Gasteiger partial charge in [-0.25, -0.2) is 0 Å². The summed E-state index contributed by atoms with van der Waals surface area (Å²) in [5, 5.41) is 8.73. The number of rotatable bonds is 1. The Morgan fingerprint density at radius 1 is 1.50 bits per heavy atom. The second kappa shape index (κ2) is 4.73. The van der Waals surface area contributed by atoms with Gasteiger partial charge in [0.25, 0.3) is 5.97 Å². The third-order valence-electron chi connectivity index (χ3n) is 1.62. The smallest absolute Gasteiger partial charge is 0.279 e. The summed E-state index contributed by atoms with van der Waals surface area (Å²) in [6.07, 6.45) is 0. The Kier molecular flexibility index (Phi) is 4.65. The minimum absolute atomic E-state index is 0. The first-order valence-electron chi connectivity index (χ1n) is 3.34. The molecule has 61 valence electrons. The quantitative estimate of drug-likeness (QED) is 0.757. The van der Waals surface area contributed by atoms with Crippen molar-refractivity contribution in [3.63, 3.8) is 0 Å². The van der Waals surface area contributed by atoms with E-state index in [1.165, 1.54) is 0 Å². The predicted octanol–water partition coefficient (Wildman–Crippen LogP) is 1.80. The molecule has 1 aromatic carbocycles. The van der Waals surface area contributed by atoms with Gasteiger partial charge in [-0.1, -0.05) is 13.8 Å². The fraction of sp³-hybridized carbons (Fsp3) is 0.222. The molecule has 0 atom stereocenters. The van der Waals surface area contributed by atoms with Gasteiger partial charge in [0.05, 0.1) is 0 Å². The van der Waals surface area contributed by atoms with Crippen LogP contribution < -0.4 is 0 Å². The van der Waals surface area contributed by atoms with Gasteiger partial charge in [-0.3, -0.25) is 4.79 Å². The number of aromatic carboxylic acids is 1. The van der Waals surface area contributed by atoms with E-state index >= 15 is 0 Å². The fourth-order valence-electron chi connectivity index (χ4n) is 1.07. The molecule has 1 rings (SSSR count). The molecule has 3 heteroatoms. The fourth-order valence-corrected chi connectivity index (χ4v) is 1.07. The van der Waals surface area contributed by atoms with Crippen molar-refractivity contribution in [2.75, 3.05) is 0 Å².